The Labute approximate surface area is 363 Å². The Morgan fingerprint density at radius 2 is 1.66 bits per heavy atom. The van der Waals surface area contributed by atoms with Gasteiger partial charge in [0.1, 0.15) is 48.4 Å². The number of fused-ring (bicyclic) bond motifs is 1. The van der Waals surface area contributed by atoms with Crippen LogP contribution in [0.5, 0.6) is 0 Å². The Morgan fingerprint density at radius 3 is 2.25 bits per heavy atom. The number of carboxylic acid groups (broad SMARTS) is 1. The lowest BCUT2D eigenvalue weighted by Gasteiger charge is -2.43. The number of thioether (sulfide) groups is 1. The molecule has 3 saturated heterocycles. The first-order valence-electron chi connectivity index (χ1n) is 21.2. The number of nitrogens with zero attached hydrogens (tertiary/aromatic N) is 1. The zero-order chi connectivity index (χ0) is 45.5. The van der Waals surface area contributed by atoms with Gasteiger partial charge in [-0.25, -0.2) is 9.59 Å². The number of carboxylic acids is 1. The van der Waals surface area contributed by atoms with E-state index in [1.165, 1.54) is 27.2 Å². The number of Topliss-reactive ketones (excluding diaryl/α,β-unsaturated/α-hetero) is 1. The van der Waals surface area contributed by atoms with Gasteiger partial charge >= 0.3 is 11.9 Å². The van der Waals surface area contributed by atoms with Crippen LogP contribution in [0.4, 0.5) is 0 Å². The second kappa shape index (κ2) is 22.6. The standard InChI is InChI=1S/C42H70N2O16S/c1-12-30-42(52,19-55-41-37(54-11)36(53-10)32(48)24(6)57-41)38-35(59-38)29(61-18-26(39(50)51)43-25(7)45)17-28(46)21(3)15-22(4)34(20(2)13-14-31(47)58-30)60-40-33(49)27(44(8)9)16-23(5)56-40/h13-14,20-24,26-27,29-30,32-38,40-41,48-49,52H,12,15-19H2,1-11H3,(H,43,45)(H,50,51)/b14-13+/t20-,21+,22-,23?,24?,26?,27?,29?,30+,32?,33?,34+,35+,36?,37?,38-,40?,41?,42-/m0/s1. The molecule has 4 rings (SSSR count). The van der Waals surface area contributed by atoms with Gasteiger partial charge in [0.25, 0.3) is 0 Å². The number of methoxy groups -OCH3 is 2. The summed E-state index contributed by atoms with van der Waals surface area (Å²) in [4.78, 5) is 53.9. The molecule has 0 aromatic rings. The molecular formula is C42H70N2O16S. The molecule has 19 heteroatoms. The molecule has 11 unspecified atom stereocenters. The molecule has 4 aliphatic rings. The fourth-order valence-electron chi connectivity index (χ4n) is 8.80. The van der Waals surface area contributed by atoms with Crippen LogP contribution >= 0.6 is 11.8 Å². The number of amides is 1. The molecule has 18 nitrogen and oxygen atoms in total. The third-order valence-corrected chi connectivity index (χ3v) is 13.8. The summed E-state index contributed by atoms with van der Waals surface area (Å²) in [5, 5.41) is 46.4. The van der Waals surface area contributed by atoms with Crippen LogP contribution in [-0.4, -0.2) is 186 Å². The van der Waals surface area contributed by atoms with E-state index in [2.05, 4.69) is 5.32 Å². The zero-order valence-corrected chi connectivity index (χ0v) is 38.1. The summed E-state index contributed by atoms with van der Waals surface area (Å²) in [5.74, 6) is -4.11. The number of esters is 1. The number of nitrogens with one attached hydrogen (secondary N) is 1. The smallest absolute Gasteiger partial charge is 0.330 e. The van der Waals surface area contributed by atoms with Crippen molar-refractivity contribution < 1.29 is 77.5 Å². The molecule has 19 atom stereocenters. The van der Waals surface area contributed by atoms with Gasteiger partial charge in [-0.05, 0) is 53.1 Å². The number of aliphatic carboxylic acids is 1. The minimum Gasteiger partial charge on any atom is -0.480 e. The van der Waals surface area contributed by atoms with Gasteiger partial charge < -0.3 is 68.5 Å². The van der Waals surface area contributed by atoms with E-state index in [1.54, 1.807) is 26.8 Å². The van der Waals surface area contributed by atoms with Crippen molar-refractivity contribution in [2.75, 3.05) is 40.7 Å². The minimum absolute atomic E-state index is 0.0878. The predicted molar refractivity (Wildman–Crippen MR) is 221 cm³/mol. The Balaban J connectivity index is 1.72. The maximum atomic E-state index is 14.2. The van der Waals surface area contributed by atoms with Crippen LogP contribution in [-0.2, 0) is 57.1 Å². The van der Waals surface area contributed by atoms with Crippen LogP contribution in [0.1, 0.15) is 74.1 Å². The van der Waals surface area contributed by atoms with E-state index in [-0.39, 0.29) is 42.4 Å². The SMILES string of the molecule is CC[C@H]1OC(=O)/C=C/[C@H](C)[C@@H](OC2OC(C)CC(N(C)C)C2O)[C@@H](C)C[C@@H](C)C(=O)CC(SCC(NC(C)=O)C(=O)O)[C@H]2O[C@@H]2[C@]1(O)COC1OC(C)C(O)C(OC)C1OC. The lowest BCUT2D eigenvalue weighted by Crippen LogP contribution is -2.61. The fraction of sp³-hybridized carbons (Fsp3) is 0.857. The predicted octanol–water partition coefficient (Wildman–Crippen LogP) is 1.29. The average molecular weight is 891 g/mol. The van der Waals surface area contributed by atoms with Crippen molar-refractivity contribution in [1.29, 1.82) is 0 Å². The number of hydrogen-bond donors (Lipinski definition) is 5. The largest absolute Gasteiger partial charge is 0.480 e. The second-order valence-corrected chi connectivity index (χ2v) is 18.7. The van der Waals surface area contributed by atoms with E-state index < -0.39 is 121 Å². The molecule has 5 N–H and O–H groups in total. The van der Waals surface area contributed by atoms with E-state index in [0.29, 0.717) is 12.8 Å². The first-order chi connectivity index (χ1) is 28.7. The molecule has 350 valence electrons. The summed E-state index contributed by atoms with van der Waals surface area (Å²) in [6.45, 7) is 11.6. The molecule has 1 amide bonds. The average Bonchev–Trinajstić information content (AvgIpc) is 4.01. The number of likely N-dealkylation sites (N-methyl/N-ethyl adjacent to an activating group) is 1. The number of epoxide rings is 1. The molecule has 61 heavy (non-hydrogen) atoms. The van der Waals surface area contributed by atoms with Crippen molar-refractivity contribution in [3.05, 3.63) is 12.2 Å². The number of hydrogen-bond acceptors (Lipinski definition) is 17. The van der Waals surface area contributed by atoms with Crippen LogP contribution < -0.4 is 5.32 Å². The minimum atomic E-state index is -2.05. The molecule has 3 fully saturated rings. The van der Waals surface area contributed by atoms with Crippen molar-refractivity contribution in [1.82, 2.24) is 10.2 Å². The van der Waals surface area contributed by atoms with E-state index >= 15 is 0 Å². The van der Waals surface area contributed by atoms with Crippen molar-refractivity contribution >= 4 is 35.4 Å². The van der Waals surface area contributed by atoms with Gasteiger partial charge in [0.15, 0.2) is 18.2 Å². The van der Waals surface area contributed by atoms with Crippen LogP contribution in [0.3, 0.4) is 0 Å². The zero-order valence-electron chi connectivity index (χ0n) is 37.3. The van der Waals surface area contributed by atoms with Crippen molar-refractivity contribution in [3.63, 3.8) is 0 Å². The molecule has 4 aliphatic heterocycles. The van der Waals surface area contributed by atoms with E-state index in [1.807, 2.05) is 39.8 Å². The summed E-state index contributed by atoms with van der Waals surface area (Å²) in [6, 6.07) is -1.51. The molecule has 0 aliphatic carbocycles. The van der Waals surface area contributed by atoms with Crippen molar-refractivity contribution in [3.8, 4) is 0 Å². The van der Waals surface area contributed by atoms with Crippen molar-refractivity contribution in [2.24, 2.45) is 17.8 Å². The summed E-state index contributed by atoms with van der Waals surface area (Å²) in [7, 11) is 6.57. The summed E-state index contributed by atoms with van der Waals surface area (Å²) < 4.78 is 48.2. The molecule has 0 aromatic carbocycles. The van der Waals surface area contributed by atoms with Crippen molar-refractivity contribution in [2.45, 2.75) is 171 Å². The van der Waals surface area contributed by atoms with Gasteiger partial charge in [0, 0.05) is 62.5 Å². The highest BCUT2D eigenvalue weighted by molar-refractivity contribution is 8.00. The lowest BCUT2D eigenvalue weighted by molar-refractivity contribution is -0.313. The van der Waals surface area contributed by atoms with Crippen LogP contribution in [0.15, 0.2) is 12.2 Å². The number of ketones is 1. The van der Waals surface area contributed by atoms with Gasteiger partial charge in [-0.2, -0.15) is 11.8 Å². The number of rotatable bonds is 14. The highest BCUT2D eigenvalue weighted by Gasteiger charge is 2.62. The molecule has 0 aromatic heterocycles. The van der Waals surface area contributed by atoms with Gasteiger partial charge in [-0.1, -0.05) is 33.8 Å². The molecule has 4 heterocycles. The van der Waals surface area contributed by atoms with Crippen LogP contribution in [0.25, 0.3) is 0 Å². The maximum absolute atomic E-state index is 14.2. The van der Waals surface area contributed by atoms with E-state index in [4.69, 9.17) is 37.9 Å². The fourth-order valence-corrected chi connectivity index (χ4v) is 10.1. The number of carbonyl (C=O) groups is 4. The molecule has 0 bridgehead atoms. The number of aliphatic hydroxyl groups is 3. The highest BCUT2D eigenvalue weighted by Crippen LogP contribution is 2.45. The highest BCUT2D eigenvalue weighted by atomic mass is 32.2. The Bertz CT molecular complexity index is 1510. The lowest BCUT2D eigenvalue weighted by atomic mass is 9.83. The Kier molecular flexibility index (Phi) is 19.0. The van der Waals surface area contributed by atoms with E-state index in [0.717, 1.165) is 11.8 Å². The summed E-state index contributed by atoms with van der Waals surface area (Å²) in [6.07, 6.45) is -6.82. The summed E-state index contributed by atoms with van der Waals surface area (Å²) in [5.41, 5.74) is -2.05. The van der Waals surface area contributed by atoms with Gasteiger partial charge in [0.2, 0.25) is 5.91 Å². The maximum Gasteiger partial charge on any atom is 0.330 e. The van der Waals surface area contributed by atoms with Gasteiger partial charge in [-0.15, -0.1) is 0 Å². The number of cyclic esters (lactones) is 1. The Morgan fingerprint density at radius 1 is 0.984 bits per heavy atom. The summed E-state index contributed by atoms with van der Waals surface area (Å²) >= 11 is 1.12. The van der Waals surface area contributed by atoms with Crippen LogP contribution in [0, 0.1) is 17.8 Å². The molecular weight excluding hydrogens is 821 g/mol. The number of ether oxygens (including phenoxy) is 8. The third kappa shape index (κ3) is 12.9. The van der Waals surface area contributed by atoms with E-state index in [9.17, 15) is 39.6 Å². The Hall–Kier alpha value is -2.27. The van der Waals surface area contributed by atoms with Gasteiger partial charge in [-0.3, -0.25) is 9.59 Å². The topological polar surface area (TPSA) is 242 Å². The molecule has 0 spiro atoms. The molecule has 0 radical (unpaired) electrons. The quantitative estimate of drug-likeness (QED) is 0.122. The number of aliphatic hydroxyl groups excluding tert-OH is 2. The molecule has 0 saturated carbocycles. The normalized spacial score (nSPS) is 42.6. The third-order valence-electron chi connectivity index (χ3n) is 12.4. The van der Waals surface area contributed by atoms with Crippen LogP contribution in [0.2, 0.25) is 0 Å². The first kappa shape index (κ1) is 51.4. The number of carbonyl (C=O) groups excluding carboxylic acids is 3. The van der Waals surface area contributed by atoms with Gasteiger partial charge in [0.05, 0.1) is 31.0 Å². The monoisotopic (exact) mass is 890 g/mol. The first-order valence-corrected chi connectivity index (χ1v) is 22.3. The second-order valence-electron chi connectivity index (χ2n) is 17.4.